The fourth-order valence-electron chi connectivity index (χ4n) is 3.29. The van der Waals surface area contributed by atoms with E-state index in [1.807, 2.05) is 12.1 Å². The highest BCUT2D eigenvalue weighted by Gasteiger charge is 2.28. The molecule has 0 amide bonds. The Hall–Kier alpha value is -1.17. The van der Waals surface area contributed by atoms with Gasteiger partial charge in [0.25, 0.3) is 0 Å². The third-order valence-electron chi connectivity index (χ3n) is 4.43. The van der Waals surface area contributed by atoms with Gasteiger partial charge in [-0.2, -0.15) is 0 Å². The predicted octanol–water partition coefficient (Wildman–Crippen LogP) is 0.136. The first-order chi connectivity index (χ1) is 9.81. The molecule has 0 bridgehead atoms. The van der Waals surface area contributed by atoms with Crippen molar-refractivity contribution in [2.45, 2.75) is 31.3 Å². The number of hydrogen-bond donors (Lipinski definition) is 4. The van der Waals surface area contributed by atoms with E-state index >= 15 is 0 Å². The topological polar surface area (TPSA) is 75.0 Å². The summed E-state index contributed by atoms with van der Waals surface area (Å²) in [6.07, 6.45) is 3.61. The molecule has 0 spiro atoms. The first-order valence-corrected chi connectivity index (χ1v) is 7.70. The maximum absolute atomic E-state index is 5.76. The summed E-state index contributed by atoms with van der Waals surface area (Å²) in [5, 5.41) is 10.8. The molecule has 0 radical (unpaired) electrons. The van der Waals surface area contributed by atoms with Crippen molar-refractivity contribution >= 4 is 5.82 Å². The van der Waals surface area contributed by atoms with Gasteiger partial charge < -0.3 is 21.7 Å². The summed E-state index contributed by atoms with van der Waals surface area (Å²) in [4.78, 5) is 4.42. The summed E-state index contributed by atoms with van der Waals surface area (Å²) in [5.41, 5.74) is 6.86. The zero-order chi connectivity index (χ0) is 13.8. The van der Waals surface area contributed by atoms with Crippen LogP contribution >= 0.6 is 0 Å². The standard InChI is InChI=1S/C15H25N5/c16-15-5-1-3-12(20-15)7-11-8-17-10-14(11)19-9-13-4-2-6-18-13/h1,3,5,11,13-14,17-19H,2,4,6-10H2,(H2,16,20)/t11-,13+,14+/m1/s1. The summed E-state index contributed by atoms with van der Waals surface area (Å²) in [6.45, 7) is 4.37. The van der Waals surface area contributed by atoms with Crippen molar-refractivity contribution in [2.24, 2.45) is 5.92 Å². The van der Waals surface area contributed by atoms with Gasteiger partial charge in [-0.15, -0.1) is 0 Å². The minimum Gasteiger partial charge on any atom is -0.384 e. The third-order valence-corrected chi connectivity index (χ3v) is 4.43. The monoisotopic (exact) mass is 275 g/mol. The van der Waals surface area contributed by atoms with Crippen LogP contribution in [0.1, 0.15) is 18.5 Å². The van der Waals surface area contributed by atoms with Crippen LogP contribution in [0.2, 0.25) is 0 Å². The van der Waals surface area contributed by atoms with Crippen molar-refractivity contribution in [3.63, 3.8) is 0 Å². The minimum atomic E-state index is 0.542. The number of nitrogens with zero attached hydrogens (tertiary/aromatic N) is 1. The Balaban J connectivity index is 1.52. The van der Waals surface area contributed by atoms with Gasteiger partial charge >= 0.3 is 0 Å². The molecule has 2 aliphatic heterocycles. The van der Waals surface area contributed by atoms with E-state index in [0.29, 0.717) is 23.8 Å². The predicted molar refractivity (Wildman–Crippen MR) is 81.5 cm³/mol. The smallest absolute Gasteiger partial charge is 0.123 e. The number of nitrogens with two attached hydrogens (primary N) is 1. The van der Waals surface area contributed by atoms with Gasteiger partial charge in [0.15, 0.2) is 0 Å². The van der Waals surface area contributed by atoms with Crippen LogP contribution in [0.3, 0.4) is 0 Å². The first kappa shape index (κ1) is 13.8. The number of nitrogen functional groups attached to an aromatic ring is 1. The van der Waals surface area contributed by atoms with Crippen LogP contribution in [0.5, 0.6) is 0 Å². The highest BCUT2D eigenvalue weighted by Crippen LogP contribution is 2.16. The molecule has 3 atom stereocenters. The van der Waals surface area contributed by atoms with Crippen LogP contribution in [0, 0.1) is 5.92 Å². The molecular formula is C15H25N5. The van der Waals surface area contributed by atoms with Crippen molar-refractivity contribution in [2.75, 3.05) is 31.9 Å². The first-order valence-electron chi connectivity index (χ1n) is 7.70. The van der Waals surface area contributed by atoms with Gasteiger partial charge in [0, 0.05) is 30.9 Å². The molecule has 5 heteroatoms. The van der Waals surface area contributed by atoms with Gasteiger partial charge in [-0.25, -0.2) is 4.98 Å². The van der Waals surface area contributed by atoms with Crippen molar-refractivity contribution in [3.8, 4) is 0 Å². The van der Waals surface area contributed by atoms with Crippen molar-refractivity contribution in [3.05, 3.63) is 23.9 Å². The minimum absolute atomic E-state index is 0.542. The maximum atomic E-state index is 5.76. The third kappa shape index (κ3) is 3.48. The number of nitrogens with one attached hydrogen (secondary N) is 3. The summed E-state index contributed by atoms with van der Waals surface area (Å²) < 4.78 is 0. The van der Waals surface area contributed by atoms with E-state index in [9.17, 15) is 0 Å². The number of aromatic nitrogens is 1. The molecule has 0 aromatic carbocycles. The average Bonchev–Trinajstić information content (AvgIpc) is 3.08. The zero-order valence-corrected chi connectivity index (χ0v) is 11.9. The molecule has 0 saturated carbocycles. The lowest BCUT2D eigenvalue weighted by Gasteiger charge is -2.22. The van der Waals surface area contributed by atoms with Crippen LogP contribution in [-0.4, -0.2) is 43.2 Å². The van der Waals surface area contributed by atoms with Crippen LogP contribution in [-0.2, 0) is 6.42 Å². The number of rotatable bonds is 5. The quantitative estimate of drug-likeness (QED) is 0.615. The zero-order valence-electron chi connectivity index (χ0n) is 11.9. The fraction of sp³-hybridized carbons (Fsp3) is 0.667. The van der Waals surface area contributed by atoms with Crippen LogP contribution in [0.15, 0.2) is 18.2 Å². The maximum Gasteiger partial charge on any atom is 0.123 e. The van der Waals surface area contributed by atoms with Crippen LogP contribution < -0.4 is 21.7 Å². The van der Waals surface area contributed by atoms with Crippen LogP contribution in [0.4, 0.5) is 5.82 Å². The highest BCUT2D eigenvalue weighted by molar-refractivity contribution is 5.29. The van der Waals surface area contributed by atoms with E-state index in [-0.39, 0.29) is 0 Å². The van der Waals surface area contributed by atoms with E-state index in [0.717, 1.165) is 31.7 Å². The van der Waals surface area contributed by atoms with E-state index in [1.54, 1.807) is 0 Å². The summed E-state index contributed by atoms with van der Waals surface area (Å²) in [7, 11) is 0. The van der Waals surface area contributed by atoms with Gasteiger partial charge in [-0.3, -0.25) is 0 Å². The van der Waals surface area contributed by atoms with E-state index in [4.69, 9.17) is 5.73 Å². The Labute approximate surface area is 120 Å². The highest BCUT2D eigenvalue weighted by atomic mass is 15.1. The van der Waals surface area contributed by atoms with E-state index in [1.165, 1.54) is 19.4 Å². The van der Waals surface area contributed by atoms with Crippen molar-refractivity contribution in [1.82, 2.24) is 20.9 Å². The fourth-order valence-corrected chi connectivity index (χ4v) is 3.29. The van der Waals surface area contributed by atoms with Crippen molar-refractivity contribution in [1.29, 1.82) is 0 Å². The lowest BCUT2D eigenvalue weighted by Crippen LogP contribution is -2.43. The molecule has 0 aliphatic carbocycles. The average molecular weight is 275 g/mol. The van der Waals surface area contributed by atoms with Crippen LogP contribution in [0.25, 0.3) is 0 Å². The molecule has 3 heterocycles. The summed E-state index contributed by atoms with van der Waals surface area (Å²) in [6, 6.07) is 7.11. The number of anilines is 1. The molecule has 110 valence electrons. The second-order valence-corrected chi connectivity index (χ2v) is 5.98. The number of hydrogen-bond acceptors (Lipinski definition) is 5. The van der Waals surface area contributed by atoms with Gasteiger partial charge in [-0.05, 0) is 50.4 Å². The Kier molecular flexibility index (Phi) is 4.50. The molecule has 1 aromatic rings. The van der Waals surface area contributed by atoms with E-state index in [2.05, 4.69) is 27.0 Å². The van der Waals surface area contributed by atoms with Crippen molar-refractivity contribution < 1.29 is 0 Å². The lowest BCUT2D eigenvalue weighted by atomic mass is 9.97. The Morgan fingerprint density at radius 1 is 1.35 bits per heavy atom. The summed E-state index contributed by atoms with van der Waals surface area (Å²) >= 11 is 0. The molecule has 2 fully saturated rings. The second kappa shape index (κ2) is 6.52. The Morgan fingerprint density at radius 2 is 2.30 bits per heavy atom. The Morgan fingerprint density at radius 3 is 3.10 bits per heavy atom. The van der Waals surface area contributed by atoms with E-state index < -0.39 is 0 Å². The Bertz CT molecular complexity index is 430. The molecule has 5 nitrogen and oxygen atoms in total. The molecule has 0 unspecified atom stereocenters. The largest absolute Gasteiger partial charge is 0.384 e. The van der Waals surface area contributed by atoms with Gasteiger partial charge in [0.05, 0.1) is 0 Å². The molecule has 20 heavy (non-hydrogen) atoms. The number of pyridine rings is 1. The lowest BCUT2D eigenvalue weighted by molar-refractivity contribution is 0.399. The molecule has 5 N–H and O–H groups in total. The SMILES string of the molecule is Nc1cccc(C[C@@H]2CNC[C@@H]2NC[C@@H]2CCCN2)n1. The molecule has 1 aromatic heterocycles. The summed E-state index contributed by atoms with van der Waals surface area (Å²) in [5.74, 6) is 1.22. The normalized spacial score (nSPS) is 29.9. The molecule has 2 aliphatic rings. The van der Waals surface area contributed by atoms with Gasteiger partial charge in [-0.1, -0.05) is 6.07 Å². The van der Waals surface area contributed by atoms with Gasteiger partial charge in [0.2, 0.25) is 0 Å². The second-order valence-electron chi connectivity index (χ2n) is 5.98. The molecule has 2 saturated heterocycles. The van der Waals surface area contributed by atoms with Gasteiger partial charge in [0.1, 0.15) is 5.82 Å². The molecule has 3 rings (SSSR count). The molecular weight excluding hydrogens is 250 g/mol.